The van der Waals surface area contributed by atoms with E-state index in [1.54, 1.807) is 13.2 Å². The first-order chi connectivity index (χ1) is 10.4. The van der Waals surface area contributed by atoms with Gasteiger partial charge in [0.2, 0.25) is 5.89 Å². The predicted octanol–water partition coefficient (Wildman–Crippen LogP) is 2.13. The van der Waals surface area contributed by atoms with E-state index in [0.29, 0.717) is 29.4 Å². The lowest BCUT2D eigenvalue weighted by molar-refractivity contribution is 0.0779. The number of amides is 1. The summed E-state index contributed by atoms with van der Waals surface area (Å²) in [5.41, 5.74) is 1.17. The molecule has 0 aliphatic carbocycles. The fraction of sp³-hybridized carbons (Fsp3) is 0.533. The fourth-order valence-electron chi connectivity index (χ4n) is 1.96. The van der Waals surface area contributed by atoms with Gasteiger partial charge in [-0.05, 0) is 6.92 Å². The minimum Gasteiger partial charge on any atom is -0.339 e. The summed E-state index contributed by atoms with van der Waals surface area (Å²) in [6.45, 7) is 8.07. The van der Waals surface area contributed by atoms with Crippen LogP contribution in [0.1, 0.15) is 60.3 Å². The van der Waals surface area contributed by atoms with Crippen LogP contribution in [-0.2, 0) is 13.0 Å². The summed E-state index contributed by atoms with van der Waals surface area (Å²) in [6.07, 6.45) is 2.26. The summed E-state index contributed by atoms with van der Waals surface area (Å²) in [4.78, 5) is 26.9. The largest absolute Gasteiger partial charge is 0.339 e. The van der Waals surface area contributed by atoms with Gasteiger partial charge in [0, 0.05) is 25.6 Å². The molecule has 0 spiro atoms. The molecule has 0 aliphatic heterocycles. The van der Waals surface area contributed by atoms with E-state index in [2.05, 4.69) is 20.1 Å². The highest BCUT2D eigenvalue weighted by Crippen LogP contribution is 2.13. The zero-order valence-corrected chi connectivity index (χ0v) is 13.6. The number of hydrogen-bond donors (Lipinski definition) is 0. The third-order valence-corrected chi connectivity index (χ3v) is 3.28. The molecular weight excluding hydrogens is 282 g/mol. The Morgan fingerprint density at radius 3 is 2.64 bits per heavy atom. The van der Waals surface area contributed by atoms with Gasteiger partial charge in [-0.1, -0.05) is 25.9 Å². The van der Waals surface area contributed by atoms with Crippen molar-refractivity contribution in [2.45, 2.75) is 46.6 Å². The van der Waals surface area contributed by atoms with Crippen molar-refractivity contribution in [2.75, 3.05) is 7.05 Å². The molecule has 0 atom stereocenters. The zero-order valence-electron chi connectivity index (χ0n) is 13.6. The van der Waals surface area contributed by atoms with Gasteiger partial charge in [-0.15, -0.1) is 0 Å². The van der Waals surface area contributed by atoms with Crippen molar-refractivity contribution in [3.63, 3.8) is 0 Å². The standard InChI is InChI=1S/C15H21N5O2/c1-6-13-18-12(19-22-13)8-20(5)15(21)11-7-16-14(9(2)3)17-10(11)4/h7,9H,6,8H2,1-5H3. The van der Waals surface area contributed by atoms with Crippen molar-refractivity contribution < 1.29 is 9.32 Å². The number of rotatable bonds is 5. The van der Waals surface area contributed by atoms with Gasteiger partial charge in [-0.25, -0.2) is 9.97 Å². The number of nitrogens with zero attached hydrogens (tertiary/aromatic N) is 5. The Balaban J connectivity index is 2.13. The smallest absolute Gasteiger partial charge is 0.257 e. The van der Waals surface area contributed by atoms with E-state index in [0.717, 1.165) is 5.82 Å². The second-order valence-electron chi connectivity index (χ2n) is 5.50. The summed E-state index contributed by atoms with van der Waals surface area (Å²) in [6, 6.07) is 0. The van der Waals surface area contributed by atoms with Crippen LogP contribution in [0.3, 0.4) is 0 Å². The van der Waals surface area contributed by atoms with Crippen LogP contribution in [0.25, 0.3) is 0 Å². The molecule has 0 saturated heterocycles. The van der Waals surface area contributed by atoms with E-state index >= 15 is 0 Å². The Kier molecular flexibility index (Phi) is 4.85. The van der Waals surface area contributed by atoms with Gasteiger partial charge in [-0.2, -0.15) is 4.98 Å². The van der Waals surface area contributed by atoms with Crippen molar-refractivity contribution in [2.24, 2.45) is 0 Å². The highest BCUT2D eigenvalue weighted by atomic mass is 16.5. The Labute approximate surface area is 129 Å². The Bertz CT molecular complexity index is 666. The maximum atomic E-state index is 12.5. The number of carbonyl (C=O) groups excluding carboxylic acids is 1. The SMILES string of the molecule is CCc1nc(CN(C)C(=O)c2cnc(C(C)C)nc2C)no1. The summed E-state index contributed by atoms with van der Waals surface area (Å²) < 4.78 is 5.04. The van der Waals surface area contributed by atoms with Crippen molar-refractivity contribution >= 4 is 5.91 Å². The molecule has 2 aromatic heterocycles. The van der Waals surface area contributed by atoms with Crippen LogP contribution in [0.4, 0.5) is 0 Å². The number of aryl methyl sites for hydroxylation is 2. The van der Waals surface area contributed by atoms with Crippen LogP contribution < -0.4 is 0 Å². The lowest BCUT2D eigenvalue weighted by Crippen LogP contribution is -2.28. The summed E-state index contributed by atoms with van der Waals surface area (Å²) in [5, 5.41) is 3.85. The quantitative estimate of drug-likeness (QED) is 0.841. The Morgan fingerprint density at radius 1 is 1.36 bits per heavy atom. The molecule has 0 aliphatic rings. The molecule has 0 radical (unpaired) electrons. The summed E-state index contributed by atoms with van der Waals surface area (Å²) in [7, 11) is 1.69. The minimum absolute atomic E-state index is 0.157. The summed E-state index contributed by atoms with van der Waals surface area (Å²) >= 11 is 0. The molecule has 118 valence electrons. The van der Waals surface area contributed by atoms with Gasteiger partial charge in [0.1, 0.15) is 5.82 Å². The molecule has 2 heterocycles. The van der Waals surface area contributed by atoms with E-state index in [4.69, 9.17) is 4.52 Å². The van der Waals surface area contributed by atoms with Gasteiger partial charge >= 0.3 is 0 Å². The monoisotopic (exact) mass is 303 g/mol. The number of aromatic nitrogens is 4. The van der Waals surface area contributed by atoms with Gasteiger partial charge in [0.05, 0.1) is 17.8 Å². The molecule has 2 aromatic rings. The van der Waals surface area contributed by atoms with Gasteiger partial charge in [-0.3, -0.25) is 4.79 Å². The van der Waals surface area contributed by atoms with Crippen molar-refractivity contribution in [1.82, 2.24) is 25.0 Å². The molecule has 1 amide bonds. The summed E-state index contributed by atoms with van der Waals surface area (Å²) in [5.74, 6) is 1.87. The fourth-order valence-corrected chi connectivity index (χ4v) is 1.96. The molecule has 7 heteroatoms. The zero-order chi connectivity index (χ0) is 16.3. The highest BCUT2D eigenvalue weighted by molar-refractivity contribution is 5.94. The Hall–Kier alpha value is -2.31. The van der Waals surface area contributed by atoms with E-state index in [9.17, 15) is 4.79 Å². The lowest BCUT2D eigenvalue weighted by Gasteiger charge is -2.16. The maximum Gasteiger partial charge on any atom is 0.257 e. The van der Waals surface area contributed by atoms with Crippen LogP contribution in [0, 0.1) is 6.92 Å². The third-order valence-electron chi connectivity index (χ3n) is 3.28. The van der Waals surface area contributed by atoms with E-state index in [1.165, 1.54) is 4.90 Å². The molecule has 2 rings (SSSR count). The maximum absolute atomic E-state index is 12.5. The number of hydrogen-bond acceptors (Lipinski definition) is 6. The molecule has 7 nitrogen and oxygen atoms in total. The minimum atomic E-state index is -0.157. The third kappa shape index (κ3) is 3.47. The molecule has 0 unspecified atom stereocenters. The normalized spacial score (nSPS) is 11.0. The first kappa shape index (κ1) is 16.1. The van der Waals surface area contributed by atoms with Gasteiger partial charge in [0.15, 0.2) is 5.82 Å². The highest BCUT2D eigenvalue weighted by Gasteiger charge is 2.18. The lowest BCUT2D eigenvalue weighted by atomic mass is 10.1. The van der Waals surface area contributed by atoms with Crippen molar-refractivity contribution in [3.8, 4) is 0 Å². The molecule has 0 N–H and O–H groups in total. The average molecular weight is 303 g/mol. The van der Waals surface area contributed by atoms with E-state index in [1.807, 2.05) is 27.7 Å². The first-order valence-electron chi connectivity index (χ1n) is 7.32. The van der Waals surface area contributed by atoms with Crippen molar-refractivity contribution in [3.05, 3.63) is 35.0 Å². The Morgan fingerprint density at radius 2 is 2.09 bits per heavy atom. The van der Waals surface area contributed by atoms with Crippen molar-refractivity contribution in [1.29, 1.82) is 0 Å². The molecular formula is C15H21N5O2. The molecule has 0 fully saturated rings. The number of carbonyl (C=O) groups is 1. The predicted molar refractivity (Wildman–Crippen MR) is 80.3 cm³/mol. The molecule has 22 heavy (non-hydrogen) atoms. The van der Waals surface area contributed by atoms with Crippen LogP contribution in [-0.4, -0.2) is 38.0 Å². The molecule has 0 bridgehead atoms. The second-order valence-corrected chi connectivity index (χ2v) is 5.50. The topological polar surface area (TPSA) is 85.0 Å². The molecule has 0 saturated carbocycles. The van der Waals surface area contributed by atoms with Gasteiger partial charge in [0.25, 0.3) is 5.91 Å². The molecule has 0 aromatic carbocycles. The van der Waals surface area contributed by atoms with Crippen LogP contribution >= 0.6 is 0 Å². The van der Waals surface area contributed by atoms with Crippen LogP contribution in [0.15, 0.2) is 10.7 Å². The van der Waals surface area contributed by atoms with Crippen LogP contribution in [0.5, 0.6) is 0 Å². The van der Waals surface area contributed by atoms with Crippen LogP contribution in [0.2, 0.25) is 0 Å². The van der Waals surface area contributed by atoms with E-state index < -0.39 is 0 Å². The second kappa shape index (κ2) is 6.64. The first-order valence-corrected chi connectivity index (χ1v) is 7.32. The van der Waals surface area contributed by atoms with Gasteiger partial charge < -0.3 is 9.42 Å². The average Bonchev–Trinajstić information content (AvgIpc) is 2.93. The van der Waals surface area contributed by atoms with E-state index in [-0.39, 0.29) is 18.4 Å².